The molecule has 2 aliphatic heterocycles. The largest absolute Gasteiger partial charge is 0.490 e. The third-order valence-electron chi connectivity index (χ3n) is 5.23. The number of amides is 1. The summed E-state index contributed by atoms with van der Waals surface area (Å²) in [4.78, 5) is 13.9. The van der Waals surface area contributed by atoms with Crippen molar-refractivity contribution in [3.63, 3.8) is 0 Å². The van der Waals surface area contributed by atoms with Gasteiger partial charge in [-0.05, 0) is 72.7 Å². The number of ether oxygens (including phenoxy) is 1. The van der Waals surface area contributed by atoms with Crippen molar-refractivity contribution >= 4 is 13.2 Å². The highest BCUT2D eigenvalue weighted by Gasteiger charge is 2.53. The van der Waals surface area contributed by atoms with Crippen molar-refractivity contribution < 1.29 is 18.8 Å². The molecule has 1 amide bonds. The van der Waals surface area contributed by atoms with Crippen LogP contribution in [0.5, 0.6) is 0 Å². The Kier molecular flexibility index (Phi) is 5.13. The smallest absolute Gasteiger partial charge is 0.444 e. The van der Waals surface area contributed by atoms with Crippen molar-refractivity contribution in [1.29, 1.82) is 0 Å². The van der Waals surface area contributed by atoms with E-state index in [-0.39, 0.29) is 24.4 Å². The molecule has 0 saturated carbocycles. The third kappa shape index (κ3) is 4.15. The molecule has 0 N–H and O–H groups in total. The Morgan fingerprint density at radius 3 is 2.00 bits per heavy atom. The van der Waals surface area contributed by atoms with Gasteiger partial charge in [0.05, 0.1) is 11.2 Å². The molecule has 2 fully saturated rings. The lowest BCUT2D eigenvalue weighted by molar-refractivity contribution is 0.00578. The number of allylic oxidation sites excluding steroid dienone is 1. The summed E-state index contributed by atoms with van der Waals surface area (Å²) in [7, 11) is -0.368. The molecule has 24 heavy (non-hydrogen) atoms. The molecule has 136 valence electrons. The first-order chi connectivity index (χ1) is 10.8. The van der Waals surface area contributed by atoms with Crippen molar-refractivity contribution in [1.82, 2.24) is 4.90 Å². The Morgan fingerprint density at radius 1 is 1.12 bits per heavy atom. The molecule has 0 spiro atoms. The zero-order valence-corrected chi connectivity index (χ0v) is 16.3. The van der Waals surface area contributed by atoms with Gasteiger partial charge in [-0.15, -0.1) is 6.58 Å². The summed E-state index contributed by atoms with van der Waals surface area (Å²) in [6, 6.07) is 0. The van der Waals surface area contributed by atoms with Crippen LogP contribution in [0.3, 0.4) is 0 Å². The first-order valence-corrected chi connectivity index (χ1v) is 8.85. The predicted molar refractivity (Wildman–Crippen MR) is 95.8 cm³/mol. The quantitative estimate of drug-likeness (QED) is 0.719. The molecule has 2 heterocycles. The molecule has 0 atom stereocenters. The lowest BCUT2D eigenvalue weighted by Crippen LogP contribution is -2.43. The maximum absolute atomic E-state index is 12.1. The van der Waals surface area contributed by atoms with E-state index < -0.39 is 5.60 Å². The van der Waals surface area contributed by atoms with E-state index in [9.17, 15) is 4.79 Å². The number of rotatable bonds is 2. The number of carbonyl (C=O) groups is 1. The second kappa shape index (κ2) is 6.38. The molecule has 0 radical (unpaired) electrons. The van der Waals surface area contributed by atoms with Crippen molar-refractivity contribution in [2.75, 3.05) is 13.1 Å². The Hall–Kier alpha value is -1.01. The van der Waals surface area contributed by atoms with Crippen molar-refractivity contribution in [2.45, 2.75) is 78.1 Å². The minimum Gasteiger partial charge on any atom is -0.444 e. The molecule has 0 aromatic heterocycles. The molecule has 0 aromatic carbocycles. The highest BCUT2D eigenvalue weighted by atomic mass is 16.7. The average Bonchev–Trinajstić information content (AvgIpc) is 2.65. The summed E-state index contributed by atoms with van der Waals surface area (Å²) in [5, 5.41) is 0. The van der Waals surface area contributed by atoms with Gasteiger partial charge in [0.25, 0.3) is 0 Å². The van der Waals surface area contributed by atoms with Gasteiger partial charge in [-0.3, -0.25) is 0 Å². The maximum atomic E-state index is 12.1. The van der Waals surface area contributed by atoms with E-state index in [2.05, 4.69) is 6.58 Å². The SMILES string of the molecule is C=C(B1OC(C)(C)C(C)(C)O1)C1CCN(C(=O)OC(C)(C)C)CC1. The summed E-state index contributed by atoms with van der Waals surface area (Å²) in [5.41, 5.74) is -0.173. The van der Waals surface area contributed by atoms with Gasteiger partial charge in [0.1, 0.15) is 5.60 Å². The zero-order chi connectivity index (χ0) is 18.3. The number of carbonyl (C=O) groups excluding carboxylic acids is 1. The monoisotopic (exact) mass is 337 g/mol. The van der Waals surface area contributed by atoms with E-state index in [1.54, 1.807) is 4.90 Å². The first-order valence-electron chi connectivity index (χ1n) is 8.85. The van der Waals surface area contributed by atoms with E-state index >= 15 is 0 Å². The van der Waals surface area contributed by atoms with Gasteiger partial charge in [0, 0.05) is 13.1 Å². The van der Waals surface area contributed by atoms with Gasteiger partial charge >= 0.3 is 13.2 Å². The van der Waals surface area contributed by atoms with Crippen LogP contribution in [0, 0.1) is 5.92 Å². The Balaban J connectivity index is 1.89. The van der Waals surface area contributed by atoms with Crippen LogP contribution in [-0.4, -0.2) is 48.0 Å². The number of likely N-dealkylation sites (tertiary alicyclic amines) is 1. The van der Waals surface area contributed by atoms with Gasteiger partial charge in [-0.25, -0.2) is 4.79 Å². The number of hydrogen-bond acceptors (Lipinski definition) is 4. The van der Waals surface area contributed by atoms with E-state index in [0.29, 0.717) is 19.0 Å². The summed E-state index contributed by atoms with van der Waals surface area (Å²) in [6.45, 7) is 19.4. The van der Waals surface area contributed by atoms with Gasteiger partial charge in [-0.2, -0.15) is 0 Å². The highest BCUT2D eigenvalue weighted by molar-refractivity contribution is 6.54. The molecule has 0 unspecified atom stereocenters. The second-order valence-corrected chi connectivity index (χ2v) is 8.90. The Labute approximate surface area is 146 Å². The lowest BCUT2D eigenvalue weighted by Gasteiger charge is -2.34. The third-order valence-corrected chi connectivity index (χ3v) is 5.23. The van der Waals surface area contributed by atoms with Crippen LogP contribution in [0.1, 0.15) is 61.3 Å². The summed E-state index contributed by atoms with van der Waals surface area (Å²) in [5.74, 6) is 0.304. The maximum Gasteiger partial charge on any atom is 0.490 e. The topological polar surface area (TPSA) is 48.0 Å². The average molecular weight is 337 g/mol. The van der Waals surface area contributed by atoms with E-state index in [4.69, 9.17) is 14.0 Å². The van der Waals surface area contributed by atoms with E-state index in [1.807, 2.05) is 48.5 Å². The molecule has 0 aliphatic carbocycles. The molecule has 6 heteroatoms. The summed E-state index contributed by atoms with van der Waals surface area (Å²) in [6.07, 6.45) is 1.49. The van der Waals surface area contributed by atoms with Crippen LogP contribution in [0.15, 0.2) is 12.1 Å². The van der Waals surface area contributed by atoms with Gasteiger partial charge in [0.2, 0.25) is 0 Å². The fraction of sp³-hybridized carbons (Fsp3) is 0.833. The fourth-order valence-corrected chi connectivity index (χ4v) is 2.95. The number of piperidine rings is 1. The van der Waals surface area contributed by atoms with Gasteiger partial charge < -0.3 is 18.9 Å². The van der Waals surface area contributed by atoms with Crippen LogP contribution < -0.4 is 0 Å². The zero-order valence-electron chi connectivity index (χ0n) is 16.3. The van der Waals surface area contributed by atoms with Crippen molar-refractivity contribution in [3.05, 3.63) is 12.1 Å². The number of nitrogens with zero attached hydrogens (tertiary/aromatic N) is 1. The first kappa shape index (κ1) is 19.3. The fourth-order valence-electron chi connectivity index (χ4n) is 2.95. The summed E-state index contributed by atoms with van der Waals surface area (Å²) < 4.78 is 17.6. The summed E-state index contributed by atoms with van der Waals surface area (Å²) >= 11 is 0. The molecule has 0 bridgehead atoms. The minimum atomic E-state index is -0.458. The minimum absolute atomic E-state index is 0.234. The predicted octanol–water partition coefficient (Wildman–Crippen LogP) is 3.82. The molecule has 0 aromatic rings. The lowest BCUT2D eigenvalue weighted by atomic mass is 9.69. The molecule has 2 rings (SSSR count). The molecular weight excluding hydrogens is 305 g/mol. The van der Waals surface area contributed by atoms with Crippen LogP contribution in [0.2, 0.25) is 0 Å². The van der Waals surface area contributed by atoms with Crippen LogP contribution in [0.25, 0.3) is 0 Å². The molecular formula is C18H32BNO4. The highest BCUT2D eigenvalue weighted by Crippen LogP contribution is 2.40. The van der Waals surface area contributed by atoms with E-state index in [1.165, 1.54) is 0 Å². The van der Waals surface area contributed by atoms with Crippen molar-refractivity contribution in [2.24, 2.45) is 5.92 Å². The van der Waals surface area contributed by atoms with Crippen LogP contribution >= 0.6 is 0 Å². The number of hydrogen-bond donors (Lipinski definition) is 0. The normalized spacial score (nSPS) is 24.1. The molecule has 2 saturated heterocycles. The van der Waals surface area contributed by atoms with Crippen molar-refractivity contribution in [3.8, 4) is 0 Å². The van der Waals surface area contributed by atoms with E-state index in [0.717, 1.165) is 18.3 Å². The van der Waals surface area contributed by atoms with Crippen LogP contribution in [0.4, 0.5) is 4.79 Å². The molecule has 5 nitrogen and oxygen atoms in total. The molecule has 2 aliphatic rings. The second-order valence-electron chi connectivity index (χ2n) is 8.90. The Bertz CT molecular complexity index is 486. The van der Waals surface area contributed by atoms with Gasteiger partial charge in [0.15, 0.2) is 0 Å². The van der Waals surface area contributed by atoms with Crippen LogP contribution in [-0.2, 0) is 14.0 Å². The van der Waals surface area contributed by atoms with Gasteiger partial charge in [-0.1, -0.05) is 0 Å². The standard InChI is InChI=1S/C18H32BNO4/c1-13(19-23-17(5,6)18(7,8)24-19)14-9-11-20(12-10-14)15(21)22-16(2,3)4/h14H,1,9-12H2,2-8H3. The Morgan fingerprint density at radius 2 is 1.58 bits per heavy atom.